The number of urea groups is 1. The van der Waals surface area contributed by atoms with E-state index in [1.165, 1.54) is 50.4 Å². The molecular weight excluding hydrogens is 605 g/mol. The van der Waals surface area contributed by atoms with E-state index in [4.69, 9.17) is 44.3 Å². The van der Waals surface area contributed by atoms with Gasteiger partial charge in [0.05, 0.1) is 35.0 Å². The Morgan fingerprint density at radius 2 is 1.80 bits per heavy atom. The van der Waals surface area contributed by atoms with Crippen LogP contribution in [0, 0.1) is 0 Å². The molecule has 0 aliphatic rings. The van der Waals surface area contributed by atoms with Crippen molar-refractivity contribution >= 4 is 81.5 Å². The fraction of sp³-hybridized carbons (Fsp3) is 0.240. The molecule has 0 unspecified atom stereocenters. The lowest BCUT2D eigenvalue weighted by Crippen LogP contribution is -2.39. The zero-order valence-electron chi connectivity index (χ0n) is 21.5. The Kier molecular flexibility index (Phi) is 11.0. The van der Waals surface area contributed by atoms with E-state index < -0.39 is 23.8 Å². The van der Waals surface area contributed by atoms with Crippen LogP contribution in [0.4, 0.5) is 16.3 Å². The molecule has 11 nitrogen and oxygen atoms in total. The van der Waals surface area contributed by atoms with E-state index in [-0.39, 0.29) is 57.4 Å². The predicted octanol–water partition coefficient (Wildman–Crippen LogP) is 5.32. The molecule has 0 spiro atoms. The average Bonchev–Trinajstić information content (AvgIpc) is 3.29. The van der Waals surface area contributed by atoms with E-state index in [1.807, 2.05) is 0 Å². The minimum Gasteiger partial charge on any atom is -0.494 e. The number of thiophene rings is 1. The molecule has 0 atom stereocenters. The number of aromatic nitrogens is 1. The number of pyridine rings is 1. The predicted molar refractivity (Wildman–Crippen MR) is 154 cm³/mol. The third-order valence-electron chi connectivity index (χ3n) is 5.27. The van der Waals surface area contributed by atoms with E-state index >= 15 is 0 Å². The zero-order chi connectivity index (χ0) is 29.4. The number of hydrogen-bond donors (Lipinski definition) is 3. The van der Waals surface area contributed by atoms with E-state index in [1.54, 1.807) is 11.4 Å². The fourth-order valence-corrected chi connectivity index (χ4v) is 4.97. The molecule has 0 bridgehead atoms. The summed E-state index contributed by atoms with van der Waals surface area (Å²) in [6, 6.07) is 5.47. The molecule has 0 fully saturated rings. The van der Waals surface area contributed by atoms with Crippen LogP contribution in [0.3, 0.4) is 0 Å². The van der Waals surface area contributed by atoms with Crippen LogP contribution in [0.15, 0.2) is 35.8 Å². The average molecular weight is 629 g/mol. The molecule has 212 valence electrons. The lowest BCUT2D eigenvalue weighted by molar-refractivity contribution is -0.141. The maximum atomic E-state index is 13.3. The van der Waals surface area contributed by atoms with E-state index in [9.17, 15) is 19.2 Å². The summed E-state index contributed by atoms with van der Waals surface area (Å²) < 4.78 is 10.3. The second-order valence-corrected chi connectivity index (χ2v) is 10.2. The molecule has 4 amide bonds. The minimum atomic E-state index is -0.619. The lowest BCUT2D eigenvalue weighted by atomic mass is 10.1. The first kappa shape index (κ1) is 31.0. The number of anilines is 2. The highest BCUT2D eigenvalue weighted by Crippen LogP contribution is 2.35. The van der Waals surface area contributed by atoms with E-state index in [0.29, 0.717) is 10.6 Å². The van der Waals surface area contributed by atoms with Crippen molar-refractivity contribution < 1.29 is 28.7 Å². The molecule has 0 saturated carbocycles. The Balaban J connectivity index is 1.85. The Morgan fingerprint density at radius 3 is 2.42 bits per heavy atom. The lowest BCUT2D eigenvalue weighted by Gasteiger charge is -2.21. The molecule has 3 rings (SSSR count). The highest BCUT2D eigenvalue weighted by molar-refractivity contribution is 7.13. The number of benzene rings is 1. The Bertz CT molecular complexity index is 1420. The number of ether oxygens (including phenoxy) is 2. The Morgan fingerprint density at radius 1 is 1.05 bits per heavy atom. The summed E-state index contributed by atoms with van der Waals surface area (Å²) in [6.07, 6.45) is 1.37. The Labute approximate surface area is 248 Å². The van der Waals surface area contributed by atoms with Crippen molar-refractivity contribution in [3.05, 3.63) is 66.9 Å². The van der Waals surface area contributed by atoms with Gasteiger partial charge in [0, 0.05) is 43.4 Å². The molecule has 3 aromatic rings. The first-order valence-electron chi connectivity index (χ1n) is 11.5. The molecule has 2 heterocycles. The second-order valence-electron chi connectivity index (χ2n) is 8.02. The summed E-state index contributed by atoms with van der Waals surface area (Å²) in [5, 5.41) is 10.2. The molecule has 0 saturated heterocycles. The van der Waals surface area contributed by atoms with E-state index in [0.717, 1.165) is 11.3 Å². The summed E-state index contributed by atoms with van der Waals surface area (Å²) in [7, 11) is 2.83. The number of hydrogen-bond acceptors (Lipinski definition) is 8. The minimum absolute atomic E-state index is 0.00933. The molecule has 0 aliphatic carbocycles. The van der Waals surface area contributed by atoms with Gasteiger partial charge < -0.3 is 30.3 Å². The number of halogens is 3. The van der Waals surface area contributed by atoms with Crippen LogP contribution in [-0.4, -0.2) is 61.0 Å². The molecule has 1 aromatic carbocycles. The number of methoxy groups -OCH3 is 1. The normalized spacial score (nSPS) is 10.4. The number of rotatable bonds is 10. The largest absolute Gasteiger partial charge is 0.494 e. The van der Waals surface area contributed by atoms with Gasteiger partial charge in [-0.05, 0) is 23.6 Å². The van der Waals surface area contributed by atoms with E-state index in [2.05, 4.69) is 20.9 Å². The third kappa shape index (κ3) is 7.98. The highest BCUT2D eigenvalue weighted by Gasteiger charge is 2.24. The van der Waals surface area contributed by atoms with Gasteiger partial charge in [0.2, 0.25) is 0 Å². The van der Waals surface area contributed by atoms with Crippen molar-refractivity contribution in [1.82, 2.24) is 15.2 Å². The first-order valence-corrected chi connectivity index (χ1v) is 13.5. The Hall–Kier alpha value is -3.58. The highest BCUT2D eigenvalue weighted by atomic mass is 35.5. The maximum absolute atomic E-state index is 13.3. The smallest absolute Gasteiger partial charge is 0.317 e. The number of carbonyl (C=O) groups excluding carboxylic acids is 4. The van der Waals surface area contributed by atoms with Crippen molar-refractivity contribution in [2.75, 3.05) is 37.9 Å². The molecular formula is C25H24Cl3N5O6S. The second kappa shape index (κ2) is 14.2. The zero-order valence-corrected chi connectivity index (χ0v) is 24.6. The standard InChI is InChI=1S/C25H24Cl3N5O6S/c1-13(34)39-7-6-33(25(37)29-2)11-14-12-40-22(20(14)28)24(36)32-21-17(8-16(27)9-18(21)38-3)23(35)31-19-5-4-15(26)10-30-19/h4-5,8-10,12H,6-7,11H2,1-3H3,(H,29,37)(H,32,36)(H,30,31,35). The summed E-state index contributed by atoms with van der Waals surface area (Å²) in [6.45, 7) is 1.42. The molecule has 15 heteroatoms. The number of amides is 4. The summed E-state index contributed by atoms with van der Waals surface area (Å²) in [5.74, 6) is -1.34. The van der Waals surface area contributed by atoms with Crippen molar-refractivity contribution in [3.8, 4) is 5.75 Å². The number of carbonyl (C=O) groups is 4. The quantitative estimate of drug-likeness (QED) is 0.258. The van der Waals surface area contributed by atoms with Crippen LogP contribution in [0.1, 0.15) is 32.5 Å². The molecule has 0 radical (unpaired) electrons. The van der Waals surface area contributed by atoms with Crippen LogP contribution in [0.5, 0.6) is 5.75 Å². The van der Waals surface area contributed by atoms with Gasteiger partial charge in [-0.3, -0.25) is 14.4 Å². The molecule has 3 N–H and O–H groups in total. The van der Waals surface area contributed by atoms with Gasteiger partial charge in [0.15, 0.2) is 0 Å². The van der Waals surface area contributed by atoms with Gasteiger partial charge in [0.25, 0.3) is 11.8 Å². The summed E-state index contributed by atoms with van der Waals surface area (Å²) in [4.78, 5) is 55.4. The van der Waals surface area contributed by atoms with Gasteiger partial charge in [-0.2, -0.15) is 0 Å². The fourth-order valence-electron chi connectivity index (χ4n) is 3.41. The van der Waals surface area contributed by atoms with Crippen LogP contribution < -0.4 is 20.7 Å². The van der Waals surface area contributed by atoms with Gasteiger partial charge in [-0.1, -0.05) is 34.8 Å². The first-order chi connectivity index (χ1) is 19.0. The third-order valence-corrected chi connectivity index (χ3v) is 7.29. The van der Waals surface area contributed by atoms with Gasteiger partial charge in [0.1, 0.15) is 23.1 Å². The SMILES string of the molecule is CNC(=O)N(CCOC(C)=O)Cc1csc(C(=O)Nc2c(OC)cc(Cl)cc2C(=O)Nc2ccc(Cl)cn2)c1Cl. The van der Waals surface area contributed by atoms with Gasteiger partial charge in [-0.15, -0.1) is 11.3 Å². The number of nitrogens with zero attached hydrogens (tertiary/aromatic N) is 2. The maximum Gasteiger partial charge on any atom is 0.317 e. The van der Waals surface area contributed by atoms with Crippen LogP contribution in [0.25, 0.3) is 0 Å². The van der Waals surface area contributed by atoms with Crippen LogP contribution in [0.2, 0.25) is 15.1 Å². The summed E-state index contributed by atoms with van der Waals surface area (Å²) >= 11 is 19.6. The summed E-state index contributed by atoms with van der Waals surface area (Å²) in [5.41, 5.74) is 0.569. The van der Waals surface area contributed by atoms with Crippen molar-refractivity contribution in [2.24, 2.45) is 0 Å². The van der Waals surface area contributed by atoms with Gasteiger partial charge >= 0.3 is 12.0 Å². The van der Waals surface area contributed by atoms with Crippen LogP contribution in [-0.2, 0) is 16.1 Å². The van der Waals surface area contributed by atoms with Crippen molar-refractivity contribution in [2.45, 2.75) is 13.5 Å². The van der Waals surface area contributed by atoms with Crippen molar-refractivity contribution in [3.63, 3.8) is 0 Å². The molecule has 40 heavy (non-hydrogen) atoms. The molecule has 2 aromatic heterocycles. The number of esters is 1. The van der Waals surface area contributed by atoms with Crippen LogP contribution >= 0.6 is 46.1 Å². The monoisotopic (exact) mass is 627 g/mol. The molecule has 0 aliphatic heterocycles. The van der Waals surface area contributed by atoms with Crippen molar-refractivity contribution in [1.29, 1.82) is 0 Å². The number of nitrogens with one attached hydrogen (secondary N) is 3. The topological polar surface area (TPSA) is 139 Å². The van der Waals surface area contributed by atoms with Gasteiger partial charge in [-0.25, -0.2) is 9.78 Å².